The number of nitrogens with zero attached hydrogens (tertiary/aromatic N) is 5. The molecule has 1 fully saturated rings. The Morgan fingerprint density at radius 3 is 2.60 bits per heavy atom. The van der Waals surface area contributed by atoms with Gasteiger partial charge in [0.25, 0.3) is 5.91 Å². The maximum Gasteiger partial charge on any atom is 0.258 e. The smallest absolute Gasteiger partial charge is 0.258 e. The Labute approximate surface area is 287 Å². The van der Waals surface area contributed by atoms with Gasteiger partial charge in [0.2, 0.25) is 17.6 Å². The lowest BCUT2D eigenvalue weighted by Crippen LogP contribution is -2.46. The maximum absolute atomic E-state index is 13.4. The third-order valence-corrected chi connectivity index (χ3v) is 8.52. The van der Waals surface area contributed by atoms with Crippen molar-refractivity contribution in [3.05, 3.63) is 77.6 Å². The van der Waals surface area contributed by atoms with Gasteiger partial charge >= 0.3 is 0 Å². The summed E-state index contributed by atoms with van der Waals surface area (Å²) < 4.78 is 36.5. The van der Waals surface area contributed by atoms with E-state index in [0.29, 0.717) is 53.8 Å². The number of carbonyl (C=O) groups is 3. The van der Waals surface area contributed by atoms with E-state index < -0.39 is 18.1 Å². The van der Waals surface area contributed by atoms with Gasteiger partial charge in [-0.3, -0.25) is 14.4 Å². The van der Waals surface area contributed by atoms with Crippen LogP contribution in [0.15, 0.2) is 60.7 Å². The fraction of sp³-hybridized carbons (Fsp3) is 0.371. The van der Waals surface area contributed by atoms with Crippen LogP contribution in [0, 0.1) is 5.82 Å². The largest absolute Gasteiger partial charge is 0.496 e. The molecule has 15 heteroatoms. The molecule has 6 heterocycles. The van der Waals surface area contributed by atoms with E-state index in [1.54, 1.807) is 41.3 Å². The van der Waals surface area contributed by atoms with Crippen LogP contribution in [0.25, 0.3) is 11.4 Å². The molecular formula is C35H38FN7O7. The zero-order valence-electron chi connectivity index (χ0n) is 27.8. The van der Waals surface area contributed by atoms with Crippen molar-refractivity contribution in [2.45, 2.75) is 50.9 Å². The molecule has 0 spiro atoms. The van der Waals surface area contributed by atoms with Crippen LogP contribution in [0.2, 0.25) is 0 Å². The fourth-order valence-corrected chi connectivity index (χ4v) is 5.86. The third-order valence-electron chi connectivity index (χ3n) is 8.52. The van der Waals surface area contributed by atoms with E-state index in [1.165, 1.54) is 31.1 Å². The number of benzene rings is 3. The lowest BCUT2D eigenvalue weighted by Gasteiger charge is -2.22. The molecule has 262 valence electrons. The number of rotatable bonds is 7. The van der Waals surface area contributed by atoms with Crippen molar-refractivity contribution in [3.8, 4) is 34.4 Å². The molecule has 9 rings (SSSR count). The van der Waals surface area contributed by atoms with E-state index in [9.17, 15) is 18.8 Å². The molecule has 50 heavy (non-hydrogen) atoms. The first kappa shape index (κ1) is 34.1. The van der Waals surface area contributed by atoms with Crippen LogP contribution in [-0.4, -0.2) is 88.9 Å². The van der Waals surface area contributed by atoms with Gasteiger partial charge < -0.3 is 34.5 Å². The van der Waals surface area contributed by atoms with Gasteiger partial charge in [0.15, 0.2) is 18.1 Å². The molecule has 0 radical (unpaired) electrons. The van der Waals surface area contributed by atoms with Gasteiger partial charge in [0, 0.05) is 43.1 Å². The van der Waals surface area contributed by atoms with Crippen molar-refractivity contribution in [2.24, 2.45) is 0 Å². The van der Waals surface area contributed by atoms with Gasteiger partial charge in [-0.2, -0.15) is 4.80 Å². The minimum absolute atomic E-state index is 0.121. The molecule has 0 saturated carbocycles. The standard InChI is InChI=1S/C35H38FN7O7/c1-47-29-17-26-12-9-24(29)18-37-32(44)14-6-22-5-13-28(30(16-22)48-2)49-21-33(45)38-27-19-42(20-31(27)50-26)34(46)4-3-15-43-40-35(39-41-43)23-7-10-25(36)11-8-23/h5,7-13,16-17,27,31H,3-4,6,14-15,18-21H2,1-2H3,(H,37,44)(H,38,45)/t27-,31-/m1/s1. The number of ether oxygens (including phenoxy) is 4. The molecule has 4 aromatic rings. The number of aryl methyl sites for hydroxylation is 2. The van der Waals surface area contributed by atoms with Crippen LogP contribution in [0.5, 0.6) is 23.0 Å². The van der Waals surface area contributed by atoms with Gasteiger partial charge in [-0.15, -0.1) is 10.2 Å². The number of nitrogens with one attached hydrogen (secondary N) is 2. The number of carbonyl (C=O) groups excluding carboxylic acids is 3. The van der Waals surface area contributed by atoms with Gasteiger partial charge in [0.05, 0.1) is 33.4 Å². The number of hydrogen-bond donors (Lipinski definition) is 2. The lowest BCUT2D eigenvalue weighted by atomic mass is 10.1. The van der Waals surface area contributed by atoms with Crippen LogP contribution in [0.1, 0.15) is 30.4 Å². The minimum atomic E-state index is -0.576. The van der Waals surface area contributed by atoms with E-state index in [4.69, 9.17) is 18.9 Å². The third kappa shape index (κ3) is 8.46. The van der Waals surface area contributed by atoms with Gasteiger partial charge in [-0.05, 0) is 72.1 Å². The first-order valence-electron chi connectivity index (χ1n) is 16.3. The summed E-state index contributed by atoms with van der Waals surface area (Å²) in [5, 5.41) is 18.3. The summed E-state index contributed by atoms with van der Waals surface area (Å²) in [6.07, 6.45) is 0.826. The predicted molar refractivity (Wildman–Crippen MR) is 177 cm³/mol. The summed E-state index contributed by atoms with van der Waals surface area (Å²) in [4.78, 5) is 42.2. The van der Waals surface area contributed by atoms with E-state index in [2.05, 4.69) is 26.0 Å². The Hall–Kier alpha value is -5.73. The monoisotopic (exact) mass is 687 g/mol. The van der Waals surface area contributed by atoms with E-state index >= 15 is 0 Å². The molecule has 0 aliphatic carbocycles. The minimum Gasteiger partial charge on any atom is -0.496 e. The molecule has 14 nitrogen and oxygen atoms in total. The molecule has 0 unspecified atom stereocenters. The topological polar surface area (TPSA) is 159 Å². The van der Waals surface area contributed by atoms with Crippen molar-refractivity contribution in [3.63, 3.8) is 0 Å². The van der Waals surface area contributed by atoms with Crippen molar-refractivity contribution in [2.75, 3.05) is 33.9 Å². The van der Waals surface area contributed by atoms with Crippen LogP contribution in [0.3, 0.4) is 0 Å². The molecular weight excluding hydrogens is 649 g/mol. The Balaban J connectivity index is 1.14. The van der Waals surface area contributed by atoms with E-state index in [0.717, 1.165) is 11.1 Å². The van der Waals surface area contributed by atoms with Crippen molar-refractivity contribution < 1.29 is 37.7 Å². The Kier molecular flexibility index (Phi) is 10.7. The van der Waals surface area contributed by atoms with Crippen LogP contribution >= 0.6 is 0 Å². The number of aromatic nitrogens is 4. The number of tetrazole rings is 1. The highest BCUT2D eigenvalue weighted by Crippen LogP contribution is 2.30. The molecule has 2 N–H and O–H groups in total. The second-order valence-electron chi connectivity index (χ2n) is 12.0. The zero-order chi connectivity index (χ0) is 35.0. The number of halogens is 1. The summed E-state index contributed by atoms with van der Waals surface area (Å²) >= 11 is 0. The first-order valence-corrected chi connectivity index (χ1v) is 16.3. The normalized spacial score (nSPS) is 18.0. The average molecular weight is 688 g/mol. The van der Waals surface area contributed by atoms with Crippen LogP contribution in [0.4, 0.5) is 4.39 Å². The van der Waals surface area contributed by atoms with Crippen molar-refractivity contribution >= 4 is 17.7 Å². The predicted octanol–water partition coefficient (Wildman–Crippen LogP) is 2.69. The van der Waals surface area contributed by atoms with Crippen LogP contribution in [-0.2, 0) is 33.9 Å². The molecule has 5 aliphatic heterocycles. The molecule has 3 amide bonds. The Morgan fingerprint density at radius 2 is 1.80 bits per heavy atom. The highest BCUT2D eigenvalue weighted by atomic mass is 19.1. The van der Waals surface area contributed by atoms with Gasteiger partial charge in [0.1, 0.15) is 23.4 Å². The van der Waals surface area contributed by atoms with E-state index in [1.807, 2.05) is 12.1 Å². The molecule has 5 aliphatic rings. The second kappa shape index (κ2) is 15.7. The maximum atomic E-state index is 13.4. The quantitative estimate of drug-likeness (QED) is 0.296. The van der Waals surface area contributed by atoms with Crippen LogP contribution < -0.4 is 29.6 Å². The average Bonchev–Trinajstić information content (AvgIpc) is 3.76. The summed E-state index contributed by atoms with van der Waals surface area (Å²) in [6, 6.07) is 15.9. The molecule has 2 atom stereocenters. The number of amides is 3. The second-order valence-corrected chi connectivity index (χ2v) is 12.0. The molecule has 4 bridgehead atoms. The summed E-state index contributed by atoms with van der Waals surface area (Å²) in [6.45, 7) is 0.784. The summed E-state index contributed by atoms with van der Waals surface area (Å²) in [5.74, 6) is 1.22. The number of likely N-dealkylation sites (tertiary alicyclic amines) is 1. The SMILES string of the molecule is COc1cc2ccc1CNC(=O)CCc1ccc(c(OC)c1)OCC(=O)N[C@@H]1CN(C(=O)CCCn3nnc(-c4ccc(F)cc4)n3)C[C@H]1O2. The Bertz CT molecular complexity index is 1830. The molecule has 1 saturated heterocycles. The highest BCUT2D eigenvalue weighted by molar-refractivity contribution is 5.79. The summed E-state index contributed by atoms with van der Waals surface area (Å²) in [5.41, 5.74) is 2.29. The zero-order valence-corrected chi connectivity index (χ0v) is 27.8. The lowest BCUT2D eigenvalue weighted by molar-refractivity contribution is -0.131. The van der Waals surface area contributed by atoms with Crippen molar-refractivity contribution in [1.29, 1.82) is 0 Å². The highest BCUT2D eigenvalue weighted by Gasteiger charge is 2.38. The summed E-state index contributed by atoms with van der Waals surface area (Å²) in [7, 11) is 3.05. The fourth-order valence-electron chi connectivity index (χ4n) is 5.86. The van der Waals surface area contributed by atoms with Gasteiger partial charge in [-0.1, -0.05) is 6.07 Å². The van der Waals surface area contributed by atoms with Gasteiger partial charge in [-0.25, -0.2) is 4.39 Å². The molecule has 1 aromatic heterocycles. The Morgan fingerprint density at radius 1 is 0.980 bits per heavy atom. The first-order chi connectivity index (χ1) is 24.3. The van der Waals surface area contributed by atoms with E-state index in [-0.39, 0.29) is 56.7 Å². The number of hydrogen-bond acceptors (Lipinski definition) is 10. The van der Waals surface area contributed by atoms with Crippen molar-refractivity contribution in [1.82, 2.24) is 35.7 Å². The molecule has 3 aromatic carbocycles. The number of methoxy groups -OCH3 is 2.